The normalized spacial score (nSPS) is 12.5. The van der Waals surface area contributed by atoms with Crippen molar-refractivity contribution in [1.82, 2.24) is 5.32 Å². The third-order valence-corrected chi connectivity index (χ3v) is 2.59. The van der Waals surface area contributed by atoms with Crippen LogP contribution < -0.4 is 10.1 Å². The Morgan fingerprint density at radius 2 is 2.00 bits per heavy atom. The maximum atomic E-state index is 5.61. The van der Waals surface area contributed by atoms with E-state index in [0.717, 1.165) is 12.3 Å². The molecule has 0 aliphatic rings. The zero-order valence-electron chi connectivity index (χ0n) is 8.59. The van der Waals surface area contributed by atoms with Crippen LogP contribution in [0.4, 0.5) is 0 Å². The molecule has 0 bridgehead atoms. The smallest absolute Gasteiger partial charge is 0.119 e. The highest BCUT2D eigenvalue weighted by Gasteiger charge is 2.00. The van der Waals surface area contributed by atoms with Gasteiger partial charge in [-0.1, -0.05) is 6.92 Å². The lowest BCUT2D eigenvalue weighted by Crippen LogP contribution is -2.31. The van der Waals surface area contributed by atoms with Crippen LogP contribution in [0.1, 0.15) is 13.8 Å². The molecular formula is C11H16INO. The molecule has 0 radical (unpaired) electrons. The van der Waals surface area contributed by atoms with Gasteiger partial charge in [0.15, 0.2) is 0 Å². The van der Waals surface area contributed by atoms with E-state index in [-0.39, 0.29) is 0 Å². The maximum Gasteiger partial charge on any atom is 0.119 e. The van der Waals surface area contributed by atoms with Gasteiger partial charge in [-0.3, -0.25) is 0 Å². The van der Waals surface area contributed by atoms with E-state index in [2.05, 4.69) is 41.8 Å². The molecule has 0 heterocycles. The van der Waals surface area contributed by atoms with E-state index < -0.39 is 0 Å². The Labute approximate surface area is 99.2 Å². The van der Waals surface area contributed by atoms with Crippen LogP contribution in [0.3, 0.4) is 0 Å². The molecule has 0 saturated heterocycles. The number of benzene rings is 1. The summed E-state index contributed by atoms with van der Waals surface area (Å²) < 4.78 is 6.84. The average Bonchev–Trinajstić information content (AvgIpc) is 2.17. The molecule has 1 N–H and O–H groups in total. The standard InChI is InChI=1S/C11H16INO/c1-3-13-9(2)8-14-11-6-4-10(12)5-7-11/h4-7,9,13H,3,8H2,1-2H3. The van der Waals surface area contributed by atoms with Gasteiger partial charge in [0.05, 0.1) is 0 Å². The lowest BCUT2D eigenvalue weighted by atomic mass is 10.3. The van der Waals surface area contributed by atoms with Gasteiger partial charge in [-0.15, -0.1) is 0 Å². The van der Waals surface area contributed by atoms with Crippen molar-refractivity contribution in [3.05, 3.63) is 27.8 Å². The molecule has 3 heteroatoms. The third kappa shape index (κ3) is 4.28. The van der Waals surface area contributed by atoms with Crippen molar-refractivity contribution in [2.45, 2.75) is 19.9 Å². The Hall–Kier alpha value is -0.290. The fourth-order valence-corrected chi connectivity index (χ4v) is 1.52. The fourth-order valence-electron chi connectivity index (χ4n) is 1.16. The molecule has 0 aliphatic carbocycles. The van der Waals surface area contributed by atoms with E-state index in [1.165, 1.54) is 3.57 Å². The zero-order valence-corrected chi connectivity index (χ0v) is 10.7. The van der Waals surface area contributed by atoms with Crippen LogP contribution in [0, 0.1) is 3.57 Å². The molecular weight excluding hydrogens is 289 g/mol. The molecule has 78 valence electrons. The molecule has 1 atom stereocenters. The van der Waals surface area contributed by atoms with Crippen molar-refractivity contribution < 1.29 is 4.74 Å². The second kappa shape index (κ2) is 6.24. The average molecular weight is 305 g/mol. The molecule has 1 aromatic rings. The number of rotatable bonds is 5. The van der Waals surface area contributed by atoms with Gasteiger partial charge in [0.25, 0.3) is 0 Å². The van der Waals surface area contributed by atoms with Crippen molar-refractivity contribution >= 4 is 22.6 Å². The predicted molar refractivity (Wildman–Crippen MR) is 67.8 cm³/mol. The summed E-state index contributed by atoms with van der Waals surface area (Å²) >= 11 is 2.28. The van der Waals surface area contributed by atoms with Crippen LogP contribution in [0.2, 0.25) is 0 Å². The summed E-state index contributed by atoms with van der Waals surface area (Å²) in [6.45, 7) is 5.92. The minimum absolute atomic E-state index is 0.402. The molecule has 1 aromatic carbocycles. The second-order valence-corrected chi connectivity index (χ2v) is 4.47. The summed E-state index contributed by atoms with van der Waals surface area (Å²) in [5.74, 6) is 0.940. The number of hydrogen-bond donors (Lipinski definition) is 1. The van der Waals surface area contributed by atoms with Crippen molar-refractivity contribution in [2.24, 2.45) is 0 Å². The van der Waals surface area contributed by atoms with Crippen molar-refractivity contribution in [1.29, 1.82) is 0 Å². The summed E-state index contributed by atoms with van der Waals surface area (Å²) in [6.07, 6.45) is 0. The Kier molecular flexibility index (Phi) is 5.25. The molecule has 0 fully saturated rings. The summed E-state index contributed by atoms with van der Waals surface area (Å²) in [4.78, 5) is 0. The Morgan fingerprint density at radius 3 is 2.57 bits per heavy atom. The molecule has 14 heavy (non-hydrogen) atoms. The molecule has 0 aliphatic heterocycles. The summed E-state index contributed by atoms with van der Waals surface area (Å²) in [7, 11) is 0. The van der Waals surface area contributed by atoms with Crippen LogP contribution in [0.5, 0.6) is 5.75 Å². The topological polar surface area (TPSA) is 21.3 Å². The Morgan fingerprint density at radius 1 is 1.36 bits per heavy atom. The number of nitrogens with one attached hydrogen (secondary N) is 1. The van der Waals surface area contributed by atoms with Gasteiger partial charge in [-0.2, -0.15) is 0 Å². The third-order valence-electron chi connectivity index (χ3n) is 1.87. The number of hydrogen-bond acceptors (Lipinski definition) is 2. The van der Waals surface area contributed by atoms with Crippen molar-refractivity contribution in [3.63, 3.8) is 0 Å². The first-order valence-electron chi connectivity index (χ1n) is 4.84. The molecule has 1 unspecified atom stereocenters. The van der Waals surface area contributed by atoms with E-state index in [9.17, 15) is 0 Å². The largest absolute Gasteiger partial charge is 0.492 e. The highest BCUT2D eigenvalue weighted by atomic mass is 127. The minimum atomic E-state index is 0.402. The number of halogens is 1. The van der Waals surface area contributed by atoms with Gasteiger partial charge in [0.2, 0.25) is 0 Å². The molecule has 2 nitrogen and oxygen atoms in total. The van der Waals surface area contributed by atoms with Gasteiger partial charge in [-0.05, 0) is 60.3 Å². The van der Waals surface area contributed by atoms with Gasteiger partial charge in [0.1, 0.15) is 12.4 Å². The summed E-state index contributed by atoms with van der Waals surface area (Å²) in [6, 6.07) is 8.50. The number of likely N-dealkylation sites (N-methyl/N-ethyl adjacent to an activating group) is 1. The van der Waals surface area contributed by atoms with Crippen LogP contribution in [0.15, 0.2) is 24.3 Å². The molecule has 1 rings (SSSR count). The van der Waals surface area contributed by atoms with E-state index in [4.69, 9.17) is 4.74 Å². The van der Waals surface area contributed by atoms with E-state index >= 15 is 0 Å². The second-order valence-electron chi connectivity index (χ2n) is 3.22. The Bertz CT molecular complexity index is 260. The monoisotopic (exact) mass is 305 g/mol. The molecule has 0 saturated carbocycles. The summed E-state index contributed by atoms with van der Waals surface area (Å²) in [5.41, 5.74) is 0. The van der Waals surface area contributed by atoms with E-state index in [0.29, 0.717) is 12.6 Å². The van der Waals surface area contributed by atoms with Crippen LogP contribution >= 0.6 is 22.6 Å². The highest BCUT2D eigenvalue weighted by molar-refractivity contribution is 14.1. The van der Waals surface area contributed by atoms with Crippen LogP contribution in [0.25, 0.3) is 0 Å². The predicted octanol–water partition coefficient (Wildman–Crippen LogP) is 2.67. The molecule has 0 spiro atoms. The molecule has 0 amide bonds. The van der Waals surface area contributed by atoms with E-state index in [1.54, 1.807) is 0 Å². The molecule has 0 aromatic heterocycles. The maximum absolute atomic E-state index is 5.61. The first kappa shape index (κ1) is 11.8. The van der Waals surface area contributed by atoms with Gasteiger partial charge in [-0.25, -0.2) is 0 Å². The van der Waals surface area contributed by atoms with Gasteiger partial charge >= 0.3 is 0 Å². The van der Waals surface area contributed by atoms with Gasteiger partial charge in [0, 0.05) is 9.61 Å². The van der Waals surface area contributed by atoms with E-state index in [1.807, 2.05) is 24.3 Å². The first-order valence-corrected chi connectivity index (χ1v) is 5.92. The SMILES string of the molecule is CCNC(C)COc1ccc(I)cc1. The minimum Gasteiger partial charge on any atom is -0.492 e. The van der Waals surface area contributed by atoms with Crippen LogP contribution in [-0.4, -0.2) is 19.2 Å². The quantitative estimate of drug-likeness (QED) is 0.845. The lowest BCUT2D eigenvalue weighted by molar-refractivity contribution is 0.275. The van der Waals surface area contributed by atoms with Crippen LogP contribution in [-0.2, 0) is 0 Å². The van der Waals surface area contributed by atoms with Crippen molar-refractivity contribution in [3.8, 4) is 5.75 Å². The zero-order chi connectivity index (χ0) is 10.4. The first-order chi connectivity index (χ1) is 6.72. The Balaban J connectivity index is 2.34. The summed E-state index contributed by atoms with van der Waals surface area (Å²) in [5, 5.41) is 3.30. The number of ether oxygens (including phenoxy) is 1. The fraction of sp³-hybridized carbons (Fsp3) is 0.455. The van der Waals surface area contributed by atoms with Gasteiger partial charge < -0.3 is 10.1 Å². The highest BCUT2D eigenvalue weighted by Crippen LogP contribution is 2.13. The lowest BCUT2D eigenvalue weighted by Gasteiger charge is -2.13. The van der Waals surface area contributed by atoms with Crippen molar-refractivity contribution in [2.75, 3.05) is 13.2 Å².